The Hall–Kier alpha value is -1.14. The lowest BCUT2D eigenvalue weighted by molar-refractivity contribution is -0.145. The molecule has 2 aliphatic heterocycles. The van der Waals surface area contributed by atoms with E-state index in [1.165, 1.54) is 7.11 Å². The van der Waals surface area contributed by atoms with Gasteiger partial charge in [-0.25, -0.2) is 0 Å². The Bertz CT molecular complexity index is 334. The third-order valence-corrected chi connectivity index (χ3v) is 3.78. The molecule has 0 aromatic rings. The Kier molecular flexibility index (Phi) is 5.79. The molecule has 0 aliphatic carbocycles. The van der Waals surface area contributed by atoms with Crippen molar-refractivity contribution in [3.63, 3.8) is 0 Å². The second-order valence-corrected chi connectivity index (χ2v) is 5.25. The fourth-order valence-corrected chi connectivity index (χ4v) is 2.63. The maximum Gasteiger partial charge on any atom is 0.307 e. The van der Waals surface area contributed by atoms with Crippen LogP contribution >= 0.6 is 0 Å². The molecule has 0 N–H and O–H groups in total. The Morgan fingerprint density at radius 3 is 2.55 bits per heavy atom. The van der Waals surface area contributed by atoms with E-state index in [1.807, 2.05) is 0 Å². The molecule has 0 bridgehead atoms. The first-order valence-corrected chi connectivity index (χ1v) is 7.29. The van der Waals surface area contributed by atoms with Crippen LogP contribution < -0.4 is 0 Å². The Morgan fingerprint density at radius 1 is 1.20 bits per heavy atom. The van der Waals surface area contributed by atoms with E-state index in [9.17, 15) is 9.59 Å². The lowest BCUT2D eigenvalue weighted by atomic mass is 10.1. The van der Waals surface area contributed by atoms with Gasteiger partial charge in [0.15, 0.2) is 0 Å². The highest BCUT2D eigenvalue weighted by molar-refractivity contribution is 5.81. The van der Waals surface area contributed by atoms with Gasteiger partial charge in [-0.15, -0.1) is 0 Å². The predicted octanol–water partition coefficient (Wildman–Crippen LogP) is 0.736. The number of carbonyl (C=O) groups excluding carboxylic acids is 2. The van der Waals surface area contributed by atoms with Crippen LogP contribution in [0.5, 0.6) is 0 Å². The average Bonchev–Trinajstić information content (AvgIpc) is 3.14. The molecule has 2 atom stereocenters. The summed E-state index contributed by atoms with van der Waals surface area (Å²) >= 11 is 0. The molecule has 114 valence electrons. The summed E-state index contributed by atoms with van der Waals surface area (Å²) in [5, 5.41) is 0. The zero-order chi connectivity index (χ0) is 14.4. The van der Waals surface area contributed by atoms with Gasteiger partial charge in [0.05, 0.1) is 19.6 Å². The summed E-state index contributed by atoms with van der Waals surface area (Å²) in [6.07, 6.45) is 3.62. The first-order valence-electron chi connectivity index (χ1n) is 7.29. The van der Waals surface area contributed by atoms with Gasteiger partial charge in [-0.05, 0) is 25.7 Å². The SMILES string of the molecule is COC(=O)CCN(CC1CCCO1)C(=O)[C@@H]1CCCO1. The van der Waals surface area contributed by atoms with Gasteiger partial charge in [-0.1, -0.05) is 0 Å². The average molecular weight is 285 g/mol. The van der Waals surface area contributed by atoms with Crippen molar-refractivity contribution in [1.29, 1.82) is 0 Å². The maximum absolute atomic E-state index is 12.4. The quantitative estimate of drug-likeness (QED) is 0.673. The highest BCUT2D eigenvalue weighted by Gasteiger charge is 2.30. The molecule has 2 heterocycles. The number of rotatable bonds is 6. The van der Waals surface area contributed by atoms with Crippen molar-refractivity contribution in [3.05, 3.63) is 0 Å². The Balaban J connectivity index is 1.90. The van der Waals surface area contributed by atoms with Crippen LogP contribution in [-0.4, -0.2) is 62.4 Å². The van der Waals surface area contributed by atoms with Gasteiger partial charge in [-0.2, -0.15) is 0 Å². The molecule has 2 aliphatic rings. The molecule has 2 fully saturated rings. The van der Waals surface area contributed by atoms with E-state index in [2.05, 4.69) is 4.74 Å². The van der Waals surface area contributed by atoms with Crippen LogP contribution in [0.25, 0.3) is 0 Å². The molecule has 0 spiro atoms. The topological polar surface area (TPSA) is 65.1 Å². The van der Waals surface area contributed by atoms with Gasteiger partial charge in [-0.3, -0.25) is 9.59 Å². The van der Waals surface area contributed by atoms with Crippen molar-refractivity contribution in [2.24, 2.45) is 0 Å². The van der Waals surface area contributed by atoms with Crippen LogP contribution in [0.3, 0.4) is 0 Å². The number of nitrogens with zero attached hydrogens (tertiary/aromatic N) is 1. The molecule has 2 saturated heterocycles. The van der Waals surface area contributed by atoms with Crippen molar-refractivity contribution >= 4 is 11.9 Å². The second-order valence-electron chi connectivity index (χ2n) is 5.25. The van der Waals surface area contributed by atoms with Crippen LogP contribution in [0.15, 0.2) is 0 Å². The third-order valence-electron chi connectivity index (χ3n) is 3.78. The summed E-state index contributed by atoms with van der Waals surface area (Å²) in [4.78, 5) is 25.4. The lowest BCUT2D eigenvalue weighted by Gasteiger charge is -2.27. The molecule has 0 saturated carbocycles. The van der Waals surface area contributed by atoms with Gasteiger partial charge in [0, 0.05) is 26.3 Å². The molecule has 0 aromatic carbocycles. The predicted molar refractivity (Wildman–Crippen MR) is 71.2 cm³/mol. The summed E-state index contributed by atoms with van der Waals surface area (Å²) in [7, 11) is 1.36. The van der Waals surface area contributed by atoms with Crippen LogP contribution in [-0.2, 0) is 23.8 Å². The monoisotopic (exact) mass is 285 g/mol. The van der Waals surface area contributed by atoms with Crippen LogP contribution in [0.2, 0.25) is 0 Å². The number of carbonyl (C=O) groups is 2. The number of esters is 1. The molecule has 1 unspecified atom stereocenters. The zero-order valence-electron chi connectivity index (χ0n) is 12.0. The van der Waals surface area contributed by atoms with E-state index >= 15 is 0 Å². The Morgan fingerprint density at radius 2 is 1.95 bits per heavy atom. The van der Waals surface area contributed by atoms with Gasteiger partial charge in [0.1, 0.15) is 6.10 Å². The highest BCUT2D eigenvalue weighted by atomic mass is 16.5. The summed E-state index contributed by atoms with van der Waals surface area (Å²) in [6.45, 7) is 2.30. The number of hydrogen-bond acceptors (Lipinski definition) is 5. The normalized spacial score (nSPS) is 25.6. The smallest absolute Gasteiger partial charge is 0.307 e. The molecular weight excluding hydrogens is 262 g/mol. The highest BCUT2D eigenvalue weighted by Crippen LogP contribution is 2.18. The van der Waals surface area contributed by atoms with E-state index in [-0.39, 0.29) is 30.5 Å². The minimum absolute atomic E-state index is 0.0260. The van der Waals surface area contributed by atoms with Crippen molar-refractivity contribution < 1.29 is 23.8 Å². The first kappa shape index (κ1) is 15.3. The molecule has 6 heteroatoms. The second kappa shape index (κ2) is 7.59. The third kappa shape index (κ3) is 4.18. The molecule has 6 nitrogen and oxygen atoms in total. The van der Waals surface area contributed by atoms with E-state index in [1.54, 1.807) is 4.90 Å². The van der Waals surface area contributed by atoms with Gasteiger partial charge in [0.25, 0.3) is 5.91 Å². The molecule has 0 radical (unpaired) electrons. The maximum atomic E-state index is 12.4. The van der Waals surface area contributed by atoms with E-state index < -0.39 is 0 Å². The number of methoxy groups -OCH3 is 1. The molecule has 1 amide bonds. The lowest BCUT2D eigenvalue weighted by Crippen LogP contribution is -2.44. The molecule has 20 heavy (non-hydrogen) atoms. The minimum atomic E-state index is -0.353. The van der Waals surface area contributed by atoms with Crippen molar-refractivity contribution in [2.75, 3.05) is 33.4 Å². The van der Waals surface area contributed by atoms with E-state index in [4.69, 9.17) is 9.47 Å². The summed E-state index contributed by atoms with van der Waals surface area (Å²) < 4.78 is 15.7. The number of hydrogen-bond donors (Lipinski definition) is 0. The minimum Gasteiger partial charge on any atom is -0.469 e. The first-order chi connectivity index (χ1) is 9.70. The summed E-state index contributed by atoms with van der Waals surface area (Å²) in [5.74, 6) is -0.329. The molecule has 2 rings (SSSR count). The molecule has 0 aromatic heterocycles. The number of amides is 1. The largest absolute Gasteiger partial charge is 0.469 e. The van der Waals surface area contributed by atoms with Gasteiger partial charge < -0.3 is 19.1 Å². The van der Waals surface area contributed by atoms with E-state index in [0.717, 1.165) is 32.3 Å². The van der Waals surface area contributed by atoms with Crippen molar-refractivity contribution in [3.8, 4) is 0 Å². The Labute approximate surface area is 119 Å². The fourth-order valence-electron chi connectivity index (χ4n) is 2.63. The molecular formula is C14H23NO5. The standard InChI is InChI=1S/C14H23NO5/c1-18-13(16)6-7-15(10-11-4-2-8-19-11)14(17)12-5-3-9-20-12/h11-12H,2-10H2,1H3/t11?,12-/m0/s1. The van der Waals surface area contributed by atoms with Crippen LogP contribution in [0.1, 0.15) is 32.1 Å². The van der Waals surface area contributed by atoms with Crippen molar-refractivity contribution in [2.45, 2.75) is 44.3 Å². The van der Waals surface area contributed by atoms with Crippen LogP contribution in [0, 0.1) is 0 Å². The summed E-state index contributed by atoms with van der Waals surface area (Å²) in [6, 6.07) is 0. The van der Waals surface area contributed by atoms with Gasteiger partial charge in [0.2, 0.25) is 0 Å². The fraction of sp³-hybridized carbons (Fsp3) is 0.857. The van der Waals surface area contributed by atoms with Crippen LogP contribution in [0.4, 0.5) is 0 Å². The zero-order valence-corrected chi connectivity index (χ0v) is 12.0. The number of ether oxygens (including phenoxy) is 3. The van der Waals surface area contributed by atoms with Gasteiger partial charge >= 0.3 is 5.97 Å². The summed E-state index contributed by atoms with van der Waals surface area (Å²) in [5.41, 5.74) is 0. The van der Waals surface area contributed by atoms with Crippen molar-refractivity contribution in [1.82, 2.24) is 4.90 Å². The van der Waals surface area contributed by atoms with E-state index in [0.29, 0.717) is 19.7 Å².